The first-order valence-corrected chi connectivity index (χ1v) is 12.5. The molecule has 7 nitrogen and oxygen atoms in total. The quantitative estimate of drug-likeness (QED) is 0.443. The number of sulfonamides is 1. The van der Waals surface area contributed by atoms with Gasteiger partial charge in [0.15, 0.2) is 5.75 Å². The molecule has 0 amide bonds. The highest BCUT2D eigenvalue weighted by molar-refractivity contribution is 7.92. The van der Waals surface area contributed by atoms with E-state index in [2.05, 4.69) is 4.98 Å². The van der Waals surface area contributed by atoms with Crippen LogP contribution in [0.2, 0.25) is 0 Å². The Bertz CT molecular complexity index is 1490. The molecule has 2 N–H and O–H groups in total. The van der Waals surface area contributed by atoms with Crippen LogP contribution in [0, 0.1) is 11.7 Å². The summed E-state index contributed by atoms with van der Waals surface area (Å²) in [7, 11) is -2.20. The van der Waals surface area contributed by atoms with Crippen molar-refractivity contribution < 1.29 is 23.0 Å². The molecule has 0 saturated heterocycles. The number of phenolic OH excluding ortho intramolecular Hbond substituents is 1. The highest BCUT2D eigenvalue weighted by Crippen LogP contribution is 2.47. The molecule has 0 bridgehead atoms. The molecule has 4 aromatic rings. The molecule has 1 aliphatic carbocycles. The van der Waals surface area contributed by atoms with Gasteiger partial charge in [0.1, 0.15) is 11.3 Å². The van der Waals surface area contributed by atoms with Crippen molar-refractivity contribution in [2.24, 2.45) is 5.92 Å². The average molecular weight is 470 g/mol. The Morgan fingerprint density at radius 3 is 2.48 bits per heavy atom. The van der Waals surface area contributed by atoms with Crippen LogP contribution in [0.25, 0.3) is 21.7 Å². The summed E-state index contributed by atoms with van der Waals surface area (Å²) in [5.41, 5.74) is 2.20. The second kappa shape index (κ2) is 7.62. The van der Waals surface area contributed by atoms with E-state index in [1.165, 1.54) is 19.2 Å². The number of phenols is 1. The van der Waals surface area contributed by atoms with Gasteiger partial charge in [-0.05, 0) is 54.5 Å². The number of aromatic nitrogens is 2. The number of nitrogens with zero attached hydrogens (tertiary/aromatic N) is 3. The van der Waals surface area contributed by atoms with Gasteiger partial charge in [0.2, 0.25) is 15.9 Å². The summed E-state index contributed by atoms with van der Waals surface area (Å²) in [6.45, 7) is 0.599. The number of anilines is 1. The number of pyridine rings is 1. The minimum atomic E-state index is -3.65. The molecule has 2 aromatic heterocycles. The van der Waals surface area contributed by atoms with Gasteiger partial charge in [-0.25, -0.2) is 12.8 Å². The molecule has 1 fully saturated rings. The summed E-state index contributed by atoms with van der Waals surface area (Å²) < 4.78 is 41.2. The first-order chi connectivity index (χ1) is 15.6. The van der Waals surface area contributed by atoms with Gasteiger partial charge in [0.05, 0.1) is 17.3 Å². The van der Waals surface area contributed by atoms with Crippen LogP contribution in [-0.2, 0) is 23.0 Å². The molecule has 1 saturated carbocycles. The second-order valence-corrected chi connectivity index (χ2v) is 10.8. The topological polar surface area (TPSA) is 95.7 Å². The van der Waals surface area contributed by atoms with Crippen molar-refractivity contribution in [1.29, 1.82) is 0 Å². The summed E-state index contributed by atoms with van der Waals surface area (Å²) >= 11 is 0. The fourth-order valence-corrected chi connectivity index (χ4v) is 4.79. The molecule has 33 heavy (non-hydrogen) atoms. The first kappa shape index (κ1) is 21.5. The van der Waals surface area contributed by atoms with Crippen LogP contribution in [0.1, 0.15) is 24.0 Å². The van der Waals surface area contributed by atoms with Crippen molar-refractivity contribution in [1.82, 2.24) is 9.55 Å². The number of hydrogen-bond acceptors (Lipinski definition) is 5. The van der Waals surface area contributed by atoms with Crippen LogP contribution in [0.15, 0.2) is 42.7 Å². The van der Waals surface area contributed by atoms with Crippen LogP contribution in [0.4, 0.5) is 10.1 Å². The molecule has 9 heteroatoms. The Morgan fingerprint density at radius 2 is 1.85 bits per heavy atom. The summed E-state index contributed by atoms with van der Waals surface area (Å²) in [6, 6.07) is 7.91. The van der Waals surface area contributed by atoms with Gasteiger partial charge in [-0.15, -0.1) is 0 Å². The zero-order valence-electron chi connectivity index (χ0n) is 18.3. The van der Waals surface area contributed by atoms with Crippen LogP contribution in [0.3, 0.4) is 0 Å². The number of rotatable bonds is 6. The molecule has 0 radical (unpaired) electrons. The zero-order valence-corrected chi connectivity index (χ0v) is 19.1. The summed E-state index contributed by atoms with van der Waals surface area (Å²) in [5, 5.41) is 23.0. The highest BCUT2D eigenvalue weighted by Gasteiger charge is 2.28. The summed E-state index contributed by atoms with van der Waals surface area (Å²) in [4.78, 5) is 4.43. The lowest BCUT2D eigenvalue weighted by Crippen LogP contribution is -2.25. The summed E-state index contributed by atoms with van der Waals surface area (Å²) in [5.74, 6) is -0.149. The standard InChI is InChI=1S/C24H24FN3O4S/c1-27(33(2,31)32)22-18-10-16(9-14-5-7-17(25)8-6-14)11-26-21(18)23(29)20-19(22)13-28(24(20)30)12-15-3-4-15/h5-8,10-11,13,15,29-30H,3-4,9,12H2,1-2H3. The molecule has 0 spiro atoms. The van der Waals surface area contributed by atoms with Crippen LogP contribution in [0.5, 0.6) is 11.6 Å². The third kappa shape index (κ3) is 3.86. The Balaban J connectivity index is 1.75. The molecule has 0 atom stereocenters. The minimum Gasteiger partial charge on any atom is -0.505 e. The third-order valence-electron chi connectivity index (χ3n) is 6.25. The Hall–Kier alpha value is -3.33. The summed E-state index contributed by atoms with van der Waals surface area (Å²) in [6.07, 6.45) is 7.01. The number of hydrogen-bond donors (Lipinski definition) is 2. The van der Waals surface area contributed by atoms with E-state index in [1.807, 2.05) is 0 Å². The average Bonchev–Trinajstić information content (AvgIpc) is 3.52. The molecule has 2 heterocycles. The molecule has 1 aliphatic rings. The molecular weight excluding hydrogens is 445 g/mol. The molecular formula is C24H24FN3O4S. The minimum absolute atomic E-state index is 0.100. The van der Waals surface area contributed by atoms with Crippen molar-refractivity contribution in [3.05, 3.63) is 59.7 Å². The lowest BCUT2D eigenvalue weighted by atomic mass is 10.0. The maximum absolute atomic E-state index is 13.3. The molecule has 0 aliphatic heterocycles. The van der Waals surface area contributed by atoms with E-state index in [-0.39, 0.29) is 28.3 Å². The first-order valence-electron chi connectivity index (χ1n) is 10.7. The van der Waals surface area contributed by atoms with Crippen molar-refractivity contribution in [3.63, 3.8) is 0 Å². The third-order valence-corrected chi connectivity index (χ3v) is 7.43. The van der Waals surface area contributed by atoms with Gasteiger partial charge in [-0.3, -0.25) is 9.29 Å². The fraction of sp³-hybridized carbons (Fsp3) is 0.292. The monoisotopic (exact) mass is 469 g/mol. The van der Waals surface area contributed by atoms with Crippen molar-refractivity contribution in [2.75, 3.05) is 17.6 Å². The lowest BCUT2D eigenvalue weighted by molar-refractivity contribution is 0.411. The molecule has 172 valence electrons. The smallest absolute Gasteiger partial charge is 0.232 e. The number of benzene rings is 2. The van der Waals surface area contributed by atoms with Crippen molar-refractivity contribution in [3.8, 4) is 11.6 Å². The maximum Gasteiger partial charge on any atom is 0.232 e. The van der Waals surface area contributed by atoms with E-state index in [0.717, 1.165) is 34.5 Å². The van der Waals surface area contributed by atoms with Gasteiger partial charge < -0.3 is 14.8 Å². The van der Waals surface area contributed by atoms with Crippen LogP contribution >= 0.6 is 0 Å². The van der Waals surface area contributed by atoms with E-state index >= 15 is 0 Å². The van der Waals surface area contributed by atoms with Crippen molar-refractivity contribution in [2.45, 2.75) is 25.8 Å². The predicted octanol–water partition coefficient (Wildman–Crippen LogP) is 4.14. The second-order valence-electron chi connectivity index (χ2n) is 8.81. The van der Waals surface area contributed by atoms with Gasteiger partial charge in [-0.2, -0.15) is 0 Å². The lowest BCUT2D eigenvalue weighted by Gasteiger charge is -2.21. The van der Waals surface area contributed by atoms with Gasteiger partial charge in [0, 0.05) is 36.8 Å². The number of halogens is 1. The van der Waals surface area contributed by atoms with E-state index in [1.54, 1.807) is 35.2 Å². The van der Waals surface area contributed by atoms with Crippen molar-refractivity contribution >= 4 is 37.4 Å². The number of fused-ring (bicyclic) bond motifs is 2. The Labute approximate surface area is 190 Å². The molecule has 0 unspecified atom stereocenters. The SMILES string of the molecule is CN(c1c2cc(Cc3ccc(F)cc3)cnc2c(O)c2c(O)n(CC3CC3)cc12)S(C)(=O)=O. The zero-order chi connectivity index (χ0) is 23.5. The number of aromatic hydroxyl groups is 2. The van der Waals surface area contributed by atoms with E-state index < -0.39 is 10.0 Å². The normalized spacial score (nSPS) is 14.3. The van der Waals surface area contributed by atoms with Gasteiger partial charge in [-0.1, -0.05) is 12.1 Å². The largest absolute Gasteiger partial charge is 0.505 e. The van der Waals surface area contributed by atoms with Crippen LogP contribution in [-0.4, -0.2) is 41.5 Å². The fourth-order valence-electron chi connectivity index (χ4n) is 4.26. The predicted molar refractivity (Wildman–Crippen MR) is 126 cm³/mol. The van der Waals surface area contributed by atoms with Gasteiger partial charge >= 0.3 is 0 Å². The van der Waals surface area contributed by atoms with E-state index in [4.69, 9.17) is 0 Å². The highest BCUT2D eigenvalue weighted by atomic mass is 32.2. The van der Waals surface area contributed by atoms with Gasteiger partial charge in [0.25, 0.3) is 0 Å². The maximum atomic E-state index is 13.3. The Morgan fingerprint density at radius 1 is 1.15 bits per heavy atom. The molecule has 5 rings (SSSR count). The Kier molecular flexibility index (Phi) is 4.97. The van der Waals surface area contributed by atoms with E-state index in [9.17, 15) is 23.0 Å². The van der Waals surface area contributed by atoms with E-state index in [0.29, 0.717) is 35.3 Å². The molecule has 2 aromatic carbocycles. The van der Waals surface area contributed by atoms with Crippen LogP contribution < -0.4 is 4.31 Å².